The first-order valence-corrected chi connectivity index (χ1v) is 3.28. The number of aromatic amines is 1. The third-order valence-electron chi connectivity index (χ3n) is 1.23. The van der Waals surface area contributed by atoms with Gasteiger partial charge in [0.1, 0.15) is 6.33 Å². The van der Waals surface area contributed by atoms with E-state index in [0.717, 1.165) is 0 Å². The van der Waals surface area contributed by atoms with Gasteiger partial charge in [-0.1, -0.05) is 12.8 Å². The largest absolute Gasteiger partial charge is 0.315 e. The summed E-state index contributed by atoms with van der Waals surface area (Å²) < 4.78 is 2.58. The van der Waals surface area contributed by atoms with Crippen LogP contribution in [0.3, 0.4) is 0 Å². The third kappa shape index (κ3) is 0.891. The highest BCUT2D eigenvalue weighted by molar-refractivity contribution is 7.81. The lowest BCUT2D eigenvalue weighted by atomic mass is 10.5. The molecule has 2 N–H and O–H groups in total. The maximum Gasteiger partial charge on any atom is 0.206 e. The average Bonchev–Trinajstić information content (AvgIpc) is 2.50. The summed E-state index contributed by atoms with van der Waals surface area (Å²) in [4.78, 5) is 7.74. The van der Waals surface area contributed by atoms with Crippen LogP contribution in [-0.2, 0) is 0 Å². The fourth-order valence-corrected chi connectivity index (χ4v) is 0.922. The van der Waals surface area contributed by atoms with Gasteiger partial charge in [0.15, 0.2) is 11.3 Å². The molecule has 2 aromatic heterocycles. The van der Waals surface area contributed by atoms with Crippen molar-refractivity contribution in [1.29, 1.82) is 0 Å². The van der Waals surface area contributed by atoms with Gasteiger partial charge in [0.25, 0.3) is 0 Å². The lowest BCUT2D eigenvalue weighted by Crippen LogP contribution is -1.88. The van der Waals surface area contributed by atoms with Crippen molar-refractivity contribution in [2.24, 2.45) is 0 Å². The van der Waals surface area contributed by atoms with E-state index >= 15 is 0 Å². The second-order valence-corrected chi connectivity index (χ2v) is 2.05. The van der Waals surface area contributed by atoms with E-state index in [4.69, 9.17) is 0 Å². The van der Waals surface area contributed by atoms with Gasteiger partial charge in [-0.15, -0.1) is 5.10 Å². The minimum Gasteiger partial charge on any atom is -0.315 e. The molecular weight excluding hydrogens is 164 g/mol. The molecule has 2 heterocycles. The van der Waals surface area contributed by atoms with Gasteiger partial charge in [-0.3, -0.25) is 0 Å². The highest BCUT2D eigenvalue weighted by Gasteiger charge is 2.04. The summed E-state index contributed by atoms with van der Waals surface area (Å²) in [5.41, 5.74) is 1.11. The van der Waals surface area contributed by atoms with Gasteiger partial charge in [-0.25, -0.2) is 9.97 Å². The molecule has 6 nitrogen and oxygen atoms in total. The molecule has 0 saturated carbocycles. The second-order valence-electron chi connectivity index (χ2n) is 1.83. The maximum atomic E-state index is 3.88. The van der Waals surface area contributed by atoms with Crippen LogP contribution in [0.25, 0.3) is 11.2 Å². The van der Waals surface area contributed by atoms with Gasteiger partial charge < -0.3 is 4.72 Å². The number of anilines is 1. The standard InChI is InChI=1S/C4H4N6S/c11-9-4-2-3(5-1-6-4)8-10-7-2/h1,11H,(H2,5,6,7,8,9,10). The zero-order valence-corrected chi connectivity index (χ0v) is 6.21. The van der Waals surface area contributed by atoms with E-state index in [9.17, 15) is 0 Å². The first kappa shape index (κ1) is 6.35. The molecule has 0 aromatic carbocycles. The second kappa shape index (κ2) is 2.35. The minimum atomic E-state index is 0.525. The van der Waals surface area contributed by atoms with Crippen LogP contribution in [0.4, 0.5) is 5.82 Å². The monoisotopic (exact) mass is 168 g/mol. The number of nitrogens with one attached hydrogen (secondary N) is 2. The van der Waals surface area contributed by atoms with E-state index in [1.54, 1.807) is 0 Å². The highest BCUT2D eigenvalue weighted by Crippen LogP contribution is 2.12. The number of fused-ring (bicyclic) bond motifs is 1. The number of H-pyrrole nitrogens is 1. The van der Waals surface area contributed by atoms with E-state index in [1.807, 2.05) is 0 Å². The number of thiol groups is 1. The van der Waals surface area contributed by atoms with Crippen molar-refractivity contribution in [3.8, 4) is 0 Å². The Bertz CT molecular complexity index is 369. The van der Waals surface area contributed by atoms with Gasteiger partial charge in [0.05, 0.1) is 0 Å². The van der Waals surface area contributed by atoms with Crippen molar-refractivity contribution in [2.75, 3.05) is 4.72 Å². The smallest absolute Gasteiger partial charge is 0.206 e. The topological polar surface area (TPSA) is 79.4 Å². The first-order chi connectivity index (χ1) is 5.42. The van der Waals surface area contributed by atoms with Crippen LogP contribution in [0.1, 0.15) is 0 Å². The zero-order chi connectivity index (χ0) is 7.68. The predicted molar refractivity (Wildman–Crippen MR) is 42.1 cm³/mol. The van der Waals surface area contributed by atoms with Crippen LogP contribution in [0, 0.1) is 0 Å². The summed E-state index contributed by atoms with van der Waals surface area (Å²) in [6, 6.07) is 0. The number of aromatic nitrogens is 5. The van der Waals surface area contributed by atoms with Crippen molar-refractivity contribution < 1.29 is 0 Å². The molecule has 0 atom stereocenters. The Kier molecular flexibility index (Phi) is 1.35. The van der Waals surface area contributed by atoms with Crippen molar-refractivity contribution in [3.63, 3.8) is 0 Å². The SMILES string of the molecule is SNc1ncnc2n[nH]nc12. The number of rotatable bonds is 1. The fourth-order valence-electron chi connectivity index (χ4n) is 0.758. The predicted octanol–water partition coefficient (Wildman–Crippen LogP) is 0.00460. The van der Waals surface area contributed by atoms with Crippen LogP contribution < -0.4 is 4.72 Å². The first-order valence-electron chi connectivity index (χ1n) is 2.83. The van der Waals surface area contributed by atoms with Gasteiger partial charge in [-0.2, -0.15) is 10.3 Å². The lowest BCUT2D eigenvalue weighted by molar-refractivity contribution is 0.954. The van der Waals surface area contributed by atoms with E-state index in [-0.39, 0.29) is 0 Å². The van der Waals surface area contributed by atoms with Crippen molar-refractivity contribution >= 4 is 29.8 Å². The number of hydrogen-bond acceptors (Lipinski definition) is 6. The lowest BCUT2D eigenvalue weighted by Gasteiger charge is -1.93. The molecule has 0 saturated heterocycles. The van der Waals surface area contributed by atoms with Gasteiger partial charge in [0, 0.05) is 0 Å². The van der Waals surface area contributed by atoms with Gasteiger partial charge >= 0.3 is 0 Å². The third-order valence-corrected chi connectivity index (χ3v) is 1.44. The molecular formula is C4H4N6S. The van der Waals surface area contributed by atoms with Gasteiger partial charge in [-0.05, 0) is 0 Å². The van der Waals surface area contributed by atoms with E-state index in [0.29, 0.717) is 17.0 Å². The van der Waals surface area contributed by atoms with Crippen LogP contribution in [0.5, 0.6) is 0 Å². The van der Waals surface area contributed by atoms with Crippen LogP contribution in [-0.4, -0.2) is 25.4 Å². The summed E-state index contributed by atoms with van der Waals surface area (Å²) in [6.45, 7) is 0. The van der Waals surface area contributed by atoms with Crippen molar-refractivity contribution in [2.45, 2.75) is 0 Å². The molecule has 0 bridgehead atoms. The molecule has 7 heteroatoms. The molecule has 0 aliphatic rings. The maximum absolute atomic E-state index is 3.88. The van der Waals surface area contributed by atoms with E-state index < -0.39 is 0 Å². The highest BCUT2D eigenvalue weighted by atomic mass is 32.1. The molecule has 11 heavy (non-hydrogen) atoms. The summed E-state index contributed by atoms with van der Waals surface area (Å²) >= 11 is 3.84. The summed E-state index contributed by atoms with van der Waals surface area (Å²) in [6.07, 6.45) is 1.39. The summed E-state index contributed by atoms with van der Waals surface area (Å²) in [5, 5.41) is 10.0. The minimum absolute atomic E-state index is 0.525. The van der Waals surface area contributed by atoms with Crippen LogP contribution >= 0.6 is 12.8 Å². The quantitative estimate of drug-likeness (QED) is 0.522. The molecule has 0 fully saturated rings. The van der Waals surface area contributed by atoms with Crippen molar-refractivity contribution in [3.05, 3.63) is 6.33 Å². The molecule has 0 spiro atoms. The van der Waals surface area contributed by atoms with Gasteiger partial charge in [0.2, 0.25) is 5.65 Å². The Balaban J connectivity index is 2.79. The molecule has 2 rings (SSSR count). The van der Waals surface area contributed by atoms with E-state index in [2.05, 4.69) is 42.9 Å². The van der Waals surface area contributed by atoms with E-state index in [1.165, 1.54) is 6.33 Å². The number of nitrogens with zero attached hydrogens (tertiary/aromatic N) is 4. The Morgan fingerprint density at radius 3 is 3.09 bits per heavy atom. The fraction of sp³-hybridized carbons (Fsp3) is 0. The van der Waals surface area contributed by atoms with Crippen LogP contribution in [0.15, 0.2) is 6.33 Å². The molecule has 0 aliphatic carbocycles. The Labute approximate surface area is 67.0 Å². The normalized spacial score (nSPS) is 10.3. The summed E-state index contributed by atoms with van der Waals surface area (Å²) in [5.74, 6) is 0.548. The van der Waals surface area contributed by atoms with Crippen LogP contribution in [0.2, 0.25) is 0 Å². The summed E-state index contributed by atoms with van der Waals surface area (Å²) in [7, 11) is 0. The molecule has 0 aliphatic heterocycles. The molecule has 0 radical (unpaired) electrons. The number of hydrogen-bond donors (Lipinski definition) is 3. The van der Waals surface area contributed by atoms with Crippen molar-refractivity contribution in [1.82, 2.24) is 25.4 Å². The molecule has 56 valence electrons. The Morgan fingerprint density at radius 2 is 2.27 bits per heavy atom. The molecule has 0 amide bonds. The molecule has 0 unspecified atom stereocenters. The Hall–Kier alpha value is -1.37. The molecule has 2 aromatic rings. The zero-order valence-electron chi connectivity index (χ0n) is 5.31. The Morgan fingerprint density at radius 1 is 1.36 bits per heavy atom. The average molecular weight is 168 g/mol.